The molecule has 0 bridgehead atoms. The molecule has 0 unspecified atom stereocenters. The van der Waals surface area contributed by atoms with Crippen LogP contribution in [0.1, 0.15) is 123 Å². The van der Waals surface area contributed by atoms with Crippen molar-refractivity contribution in [3.05, 3.63) is 89.0 Å². The Kier molecular flexibility index (Phi) is 17.3. The van der Waals surface area contributed by atoms with Gasteiger partial charge in [-0.3, -0.25) is 9.05 Å². The summed E-state index contributed by atoms with van der Waals surface area (Å²) >= 11 is 2.22. The molecule has 0 saturated heterocycles. The first-order valence-corrected chi connectivity index (χ1v) is 19.1. The van der Waals surface area contributed by atoms with Crippen LogP contribution in [0.15, 0.2) is 60.7 Å². The summed E-state index contributed by atoms with van der Waals surface area (Å²) in [6.45, 7) is 25.1. The maximum absolute atomic E-state index is 13.9. The second-order valence-electron chi connectivity index (χ2n) is 13.9. The van der Waals surface area contributed by atoms with E-state index in [2.05, 4.69) is 87.5 Å². The standard InChI is InChI=1S/C29H45O4P.C8H10N.ClH.Pd/c1-19(2)22-17-24(20(3)4)27(25(18-22)21(5)6)23-15-13-14-16-26(23)31-34(30,32-28(7,8)9)33-29(10,11)12;9-7-6-8-4-2-1-3-5-8;;/h13-21H,1-12H3;1-4H,6-7,9H2;1H;/q;-1;;+2/p-1. The predicted octanol–water partition coefficient (Wildman–Crippen LogP) is 11.5. The van der Waals surface area contributed by atoms with E-state index in [9.17, 15) is 4.57 Å². The first-order chi connectivity index (χ1) is 20.9. The summed E-state index contributed by atoms with van der Waals surface area (Å²) in [5.74, 6) is 1.54. The molecule has 3 aromatic carbocycles. The molecule has 3 aromatic rings. The van der Waals surface area contributed by atoms with Gasteiger partial charge in [-0.25, -0.2) is 4.57 Å². The number of benzene rings is 3. The Morgan fingerprint density at radius 1 is 0.800 bits per heavy atom. The van der Waals surface area contributed by atoms with Crippen LogP contribution in [0.5, 0.6) is 5.75 Å². The molecule has 2 N–H and O–H groups in total. The quantitative estimate of drug-likeness (QED) is 0.127. The fourth-order valence-electron chi connectivity index (χ4n) is 4.61. The molecule has 0 aliphatic heterocycles. The second-order valence-corrected chi connectivity index (χ2v) is 15.3. The van der Waals surface area contributed by atoms with Gasteiger partial charge in [-0.05, 0) is 101 Å². The zero-order valence-corrected chi connectivity index (χ0v) is 32.5. The number of hydrogen-bond acceptors (Lipinski definition) is 5. The molecule has 0 aliphatic carbocycles. The van der Waals surface area contributed by atoms with Gasteiger partial charge in [0.05, 0.1) is 11.2 Å². The molecule has 0 heterocycles. The first-order valence-electron chi connectivity index (χ1n) is 15.6. The summed E-state index contributed by atoms with van der Waals surface area (Å²) in [7, 11) is 0.554. The number of phosphoric ester groups is 1. The van der Waals surface area contributed by atoms with Crippen LogP contribution in [0.3, 0.4) is 0 Å². The third-order valence-corrected chi connectivity index (χ3v) is 8.42. The zero-order valence-electron chi connectivity index (χ0n) is 29.3. The SMILES string of the molecule is CC(C)c1cc(C(C)C)c(-c2ccccc2OP(=O)(OC(C)(C)C)OC(C)(C)C)c(C(C)C)c1.NCCc1[c-]cccc1.[Cl][Pd+]. The topological polar surface area (TPSA) is 70.8 Å². The van der Waals surface area contributed by atoms with E-state index in [0.29, 0.717) is 30.0 Å². The minimum atomic E-state index is -3.93. The van der Waals surface area contributed by atoms with Crippen molar-refractivity contribution in [3.8, 4) is 16.9 Å². The molecule has 0 atom stereocenters. The van der Waals surface area contributed by atoms with Gasteiger partial charge in [0.15, 0.2) is 0 Å². The zero-order chi connectivity index (χ0) is 34.6. The summed E-state index contributed by atoms with van der Waals surface area (Å²) in [6, 6.07) is 23.4. The van der Waals surface area contributed by atoms with Crippen LogP contribution in [0, 0.1) is 6.07 Å². The van der Waals surface area contributed by atoms with E-state index in [1.165, 1.54) is 22.3 Å². The molecule has 0 saturated carbocycles. The minimum absolute atomic E-state index is 0.308. The summed E-state index contributed by atoms with van der Waals surface area (Å²) < 4.78 is 31.9. The van der Waals surface area contributed by atoms with Gasteiger partial charge in [0.1, 0.15) is 5.75 Å². The van der Waals surface area contributed by atoms with E-state index < -0.39 is 19.0 Å². The Labute approximate surface area is 289 Å². The van der Waals surface area contributed by atoms with E-state index in [1.54, 1.807) is 0 Å². The number of para-hydroxylation sites is 1. The van der Waals surface area contributed by atoms with Crippen molar-refractivity contribution >= 4 is 17.4 Å². The van der Waals surface area contributed by atoms with Crippen molar-refractivity contribution < 1.29 is 36.3 Å². The molecule has 45 heavy (non-hydrogen) atoms. The van der Waals surface area contributed by atoms with E-state index in [0.717, 1.165) is 17.5 Å². The molecule has 254 valence electrons. The first kappa shape index (κ1) is 41.5. The Morgan fingerprint density at radius 2 is 1.29 bits per heavy atom. The Bertz CT molecular complexity index is 1300. The second kappa shape index (κ2) is 18.8. The number of rotatable bonds is 10. The van der Waals surface area contributed by atoms with Crippen molar-refractivity contribution in [1.29, 1.82) is 0 Å². The van der Waals surface area contributed by atoms with Crippen LogP contribution in [0.2, 0.25) is 0 Å². The number of phosphoric acid groups is 1. The van der Waals surface area contributed by atoms with Gasteiger partial charge < -0.3 is 10.3 Å². The van der Waals surface area contributed by atoms with Crippen molar-refractivity contribution in [3.63, 3.8) is 0 Å². The van der Waals surface area contributed by atoms with Crippen molar-refractivity contribution in [1.82, 2.24) is 0 Å². The Hall–Kier alpha value is -1.48. The third kappa shape index (κ3) is 14.4. The molecule has 0 aliphatic rings. The van der Waals surface area contributed by atoms with Gasteiger partial charge in [-0.15, -0.1) is 0 Å². The summed E-state index contributed by atoms with van der Waals surface area (Å²) in [5.41, 5.74) is 11.0. The van der Waals surface area contributed by atoms with E-state index >= 15 is 0 Å². The third-order valence-electron chi connectivity index (χ3n) is 6.46. The van der Waals surface area contributed by atoms with Gasteiger partial charge in [-0.2, -0.15) is 35.9 Å². The van der Waals surface area contributed by atoms with Crippen molar-refractivity contribution in [2.45, 2.75) is 118 Å². The predicted molar refractivity (Wildman–Crippen MR) is 188 cm³/mol. The van der Waals surface area contributed by atoms with Gasteiger partial charge in [-0.1, -0.05) is 71.9 Å². The summed E-state index contributed by atoms with van der Waals surface area (Å²) in [4.78, 5) is 0. The molecule has 8 heteroatoms. The molecule has 0 amide bonds. The van der Waals surface area contributed by atoms with Crippen molar-refractivity contribution in [2.24, 2.45) is 5.73 Å². The van der Waals surface area contributed by atoms with Crippen molar-refractivity contribution in [2.75, 3.05) is 6.54 Å². The fourth-order valence-corrected chi connectivity index (χ4v) is 6.46. The summed E-state index contributed by atoms with van der Waals surface area (Å²) in [6.07, 6.45) is 0.931. The van der Waals surface area contributed by atoms with Crippen LogP contribution in [-0.4, -0.2) is 17.7 Å². The molecule has 5 nitrogen and oxygen atoms in total. The van der Waals surface area contributed by atoms with Gasteiger partial charge >= 0.3 is 35.5 Å². The maximum atomic E-state index is 13.9. The Balaban J connectivity index is 0.000000777. The van der Waals surface area contributed by atoms with Crippen LogP contribution >= 0.6 is 17.4 Å². The van der Waals surface area contributed by atoms with E-state index in [4.69, 9.17) is 19.3 Å². The van der Waals surface area contributed by atoms with Gasteiger partial charge in [0.2, 0.25) is 0 Å². The Morgan fingerprint density at radius 3 is 1.69 bits per heavy atom. The molecule has 0 fully saturated rings. The number of hydrogen-bond donors (Lipinski definition) is 1. The van der Waals surface area contributed by atoms with Crippen LogP contribution in [-0.2, 0) is 38.2 Å². The fraction of sp³-hybridized carbons (Fsp3) is 0.514. The number of halogens is 1. The molecular weight excluding hydrogens is 695 g/mol. The molecular formula is C37H55ClNO4PPd. The van der Waals surface area contributed by atoms with Crippen LogP contribution in [0.4, 0.5) is 0 Å². The molecule has 3 rings (SSSR count). The van der Waals surface area contributed by atoms with E-state index in [1.807, 2.05) is 90.1 Å². The average Bonchev–Trinajstić information content (AvgIpc) is 2.92. The van der Waals surface area contributed by atoms with Gasteiger partial charge in [0, 0.05) is 5.56 Å². The van der Waals surface area contributed by atoms with Gasteiger partial charge in [0.25, 0.3) is 0 Å². The average molecular weight is 751 g/mol. The number of nitrogens with two attached hydrogens (primary N) is 1. The summed E-state index contributed by atoms with van der Waals surface area (Å²) in [5, 5.41) is 0. The molecule has 0 spiro atoms. The normalized spacial score (nSPS) is 12.1. The molecule has 0 aromatic heterocycles. The van der Waals surface area contributed by atoms with E-state index in [-0.39, 0.29) is 0 Å². The van der Waals surface area contributed by atoms with Crippen LogP contribution < -0.4 is 10.3 Å². The van der Waals surface area contributed by atoms with Crippen LogP contribution in [0.25, 0.3) is 11.1 Å². The monoisotopic (exact) mass is 749 g/mol. The molecule has 0 radical (unpaired) electrons.